The second kappa shape index (κ2) is 6.89. The summed E-state index contributed by atoms with van der Waals surface area (Å²) >= 11 is 1.66. The van der Waals surface area contributed by atoms with E-state index in [2.05, 4.69) is 27.1 Å². The van der Waals surface area contributed by atoms with Crippen molar-refractivity contribution in [2.75, 3.05) is 7.05 Å². The van der Waals surface area contributed by atoms with Gasteiger partial charge in [0.15, 0.2) is 5.96 Å². The van der Waals surface area contributed by atoms with Crippen molar-refractivity contribution in [1.29, 1.82) is 0 Å². The smallest absolute Gasteiger partial charge is 0.191 e. The van der Waals surface area contributed by atoms with Crippen molar-refractivity contribution in [1.82, 2.24) is 10.6 Å². The fourth-order valence-corrected chi connectivity index (χ4v) is 2.29. The second-order valence-corrected chi connectivity index (χ2v) is 4.78. The van der Waals surface area contributed by atoms with Gasteiger partial charge in [0.1, 0.15) is 5.82 Å². The zero-order valence-electron chi connectivity index (χ0n) is 10.7. The van der Waals surface area contributed by atoms with Crippen LogP contribution in [0, 0.1) is 5.82 Å². The number of hydrogen-bond donors (Lipinski definition) is 2. The number of thiophene rings is 1. The standard InChI is InChI=1S/C14H16FN3S/c1-16-14(17-8-11-6-7-19-10-11)18-9-12-4-2-3-5-13(12)15/h2-7,10H,8-9H2,1H3,(H2,16,17,18). The molecule has 0 aliphatic rings. The van der Waals surface area contributed by atoms with Gasteiger partial charge < -0.3 is 10.6 Å². The number of halogens is 1. The molecule has 0 amide bonds. The molecule has 0 saturated carbocycles. The van der Waals surface area contributed by atoms with E-state index in [0.717, 1.165) is 0 Å². The maximum atomic E-state index is 13.5. The molecule has 0 unspecified atom stereocenters. The van der Waals surface area contributed by atoms with Gasteiger partial charge in [0.05, 0.1) is 0 Å². The lowest BCUT2D eigenvalue weighted by Gasteiger charge is -2.11. The summed E-state index contributed by atoms with van der Waals surface area (Å²) in [4.78, 5) is 4.11. The largest absolute Gasteiger partial charge is 0.352 e. The summed E-state index contributed by atoms with van der Waals surface area (Å²) < 4.78 is 13.5. The van der Waals surface area contributed by atoms with Crippen LogP contribution in [0.25, 0.3) is 0 Å². The van der Waals surface area contributed by atoms with Gasteiger partial charge in [0, 0.05) is 25.7 Å². The van der Waals surface area contributed by atoms with Crippen LogP contribution in [0.2, 0.25) is 0 Å². The van der Waals surface area contributed by atoms with E-state index in [4.69, 9.17) is 0 Å². The van der Waals surface area contributed by atoms with Gasteiger partial charge in [-0.05, 0) is 28.5 Å². The number of nitrogens with zero attached hydrogens (tertiary/aromatic N) is 1. The SMILES string of the molecule is CN=C(NCc1ccsc1)NCc1ccccc1F. The minimum atomic E-state index is -0.205. The molecular weight excluding hydrogens is 261 g/mol. The molecule has 0 saturated heterocycles. The zero-order chi connectivity index (χ0) is 13.5. The molecule has 0 aliphatic carbocycles. The van der Waals surface area contributed by atoms with Crippen LogP contribution in [0.5, 0.6) is 0 Å². The molecule has 2 N–H and O–H groups in total. The Hall–Kier alpha value is -1.88. The molecule has 1 aromatic heterocycles. The Morgan fingerprint density at radius 3 is 2.68 bits per heavy atom. The Bertz CT molecular complexity index is 537. The van der Waals surface area contributed by atoms with Crippen molar-refractivity contribution < 1.29 is 4.39 Å². The summed E-state index contributed by atoms with van der Waals surface area (Å²) in [5, 5.41) is 10.4. The molecular formula is C14H16FN3S. The van der Waals surface area contributed by atoms with E-state index in [0.29, 0.717) is 24.6 Å². The predicted molar refractivity (Wildman–Crippen MR) is 77.8 cm³/mol. The predicted octanol–water partition coefficient (Wildman–Crippen LogP) is 2.75. The number of aliphatic imine (C=N–C) groups is 1. The van der Waals surface area contributed by atoms with Crippen molar-refractivity contribution in [2.24, 2.45) is 4.99 Å². The molecule has 0 radical (unpaired) electrons. The van der Waals surface area contributed by atoms with Gasteiger partial charge in [-0.3, -0.25) is 4.99 Å². The van der Waals surface area contributed by atoms with Crippen LogP contribution in [0.4, 0.5) is 4.39 Å². The van der Waals surface area contributed by atoms with Crippen LogP contribution in [-0.4, -0.2) is 13.0 Å². The van der Waals surface area contributed by atoms with Gasteiger partial charge >= 0.3 is 0 Å². The molecule has 0 bridgehead atoms. The topological polar surface area (TPSA) is 36.4 Å². The van der Waals surface area contributed by atoms with Crippen molar-refractivity contribution in [3.05, 3.63) is 58.0 Å². The Kier molecular flexibility index (Phi) is 4.92. The van der Waals surface area contributed by atoms with E-state index in [9.17, 15) is 4.39 Å². The number of nitrogens with one attached hydrogen (secondary N) is 2. The highest BCUT2D eigenvalue weighted by atomic mass is 32.1. The van der Waals surface area contributed by atoms with Crippen LogP contribution < -0.4 is 10.6 Å². The highest BCUT2D eigenvalue weighted by Gasteiger charge is 2.02. The Morgan fingerprint density at radius 1 is 1.21 bits per heavy atom. The monoisotopic (exact) mass is 277 g/mol. The van der Waals surface area contributed by atoms with Gasteiger partial charge in [-0.1, -0.05) is 18.2 Å². The Morgan fingerprint density at radius 2 is 2.00 bits per heavy atom. The first-order valence-corrected chi connectivity index (χ1v) is 6.93. The fourth-order valence-electron chi connectivity index (χ4n) is 1.62. The molecule has 0 atom stereocenters. The number of benzene rings is 1. The third-order valence-corrected chi connectivity index (χ3v) is 3.40. The van der Waals surface area contributed by atoms with Crippen LogP contribution in [0.1, 0.15) is 11.1 Å². The number of hydrogen-bond acceptors (Lipinski definition) is 2. The summed E-state index contributed by atoms with van der Waals surface area (Å²) in [6.07, 6.45) is 0. The van der Waals surface area contributed by atoms with E-state index >= 15 is 0 Å². The van der Waals surface area contributed by atoms with Gasteiger partial charge in [-0.25, -0.2) is 4.39 Å². The molecule has 19 heavy (non-hydrogen) atoms. The first-order valence-electron chi connectivity index (χ1n) is 5.98. The van der Waals surface area contributed by atoms with Crippen LogP contribution in [0.3, 0.4) is 0 Å². The lowest BCUT2D eigenvalue weighted by molar-refractivity contribution is 0.604. The third kappa shape index (κ3) is 4.06. The van der Waals surface area contributed by atoms with E-state index in [1.54, 1.807) is 30.5 Å². The van der Waals surface area contributed by atoms with Gasteiger partial charge in [-0.2, -0.15) is 11.3 Å². The van der Waals surface area contributed by atoms with E-state index in [1.165, 1.54) is 11.6 Å². The first kappa shape index (κ1) is 13.5. The average Bonchev–Trinajstić information content (AvgIpc) is 2.94. The Balaban J connectivity index is 1.85. The highest BCUT2D eigenvalue weighted by molar-refractivity contribution is 7.07. The summed E-state index contributed by atoms with van der Waals surface area (Å²) in [5.41, 5.74) is 1.83. The second-order valence-electron chi connectivity index (χ2n) is 4.00. The molecule has 0 spiro atoms. The lowest BCUT2D eigenvalue weighted by atomic mass is 10.2. The van der Waals surface area contributed by atoms with E-state index in [-0.39, 0.29) is 5.82 Å². The molecule has 2 rings (SSSR count). The van der Waals surface area contributed by atoms with Crippen LogP contribution >= 0.6 is 11.3 Å². The van der Waals surface area contributed by atoms with Crippen molar-refractivity contribution in [3.8, 4) is 0 Å². The molecule has 100 valence electrons. The fraction of sp³-hybridized carbons (Fsp3) is 0.214. The first-order chi connectivity index (χ1) is 9.29. The van der Waals surface area contributed by atoms with Gasteiger partial charge in [0.25, 0.3) is 0 Å². The molecule has 2 aromatic rings. The lowest BCUT2D eigenvalue weighted by Crippen LogP contribution is -2.36. The van der Waals surface area contributed by atoms with Crippen LogP contribution in [0.15, 0.2) is 46.1 Å². The van der Waals surface area contributed by atoms with Gasteiger partial charge in [0.2, 0.25) is 0 Å². The van der Waals surface area contributed by atoms with Crippen molar-refractivity contribution in [3.63, 3.8) is 0 Å². The highest BCUT2D eigenvalue weighted by Crippen LogP contribution is 2.06. The Labute approximate surface area is 116 Å². The molecule has 0 fully saturated rings. The summed E-state index contributed by atoms with van der Waals surface area (Å²) in [5.74, 6) is 0.456. The normalized spacial score (nSPS) is 11.4. The van der Waals surface area contributed by atoms with Crippen molar-refractivity contribution in [2.45, 2.75) is 13.1 Å². The molecule has 1 heterocycles. The molecule has 3 nitrogen and oxygen atoms in total. The summed E-state index contributed by atoms with van der Waals surface area (Å²) in [6, 6.07) is 8.78. The maximum absolute atomic E-state index is 13.5. The number of guanidine groups is 1. The summed E-state index contributed by atoms with van der Waals surface area (Å²) in [6.45, 7) is 1.12. The average molecular weight is 277 g/mol. The van der Waals surface area contributed by atoms with Crippen LogP contribution in [-0.2, 0) is 13.1 Å². The minimum absolute atomic E-state index is 0.205. The van der Waals surface area contributed by atoms with Gasteiger partial charge in [-0.15, -0.1) is 0 Å². The summed E-state index contributed by atoms with van der Waals surface area (Å²) in [7, 11) is 1.70. The molecule has 0 aliphatic heterocycles. The van der Waals surface area contributed by atoms with E-state index in [1.807, 2.05) is 11.4 Å². The van der Waals surface area contributed by atoms with Crippen molar-refractivity contribution >= 4 is 17.3 Å². The zero-order valence-corrected chi connectivity index (χ0v) is 11.5. The number of rotatable bonds is 4. The minimum Gasteiger partial charge on any atom is -0.352 e. The molecule has 5 heteroatoms. The quantitative estimate of drug-likeness (QED) is 0.666. The van der Waals surface area contributed by atoms with E-state index < -0.39 is 0 Å². The molecule has 1 aromatic carbocycles. The maximum Gasteiger partial charge on any atom is 0.191 e. The third-order valence-electron chi connectivity index (χ3n) is 2.67.